The van der Waals surface area contributed by atoms with Crippen molar-refractivity contribution < 1.29 is 4.79 Å². The van der Waals surface area contributed by atoms with Gasteiger partial charge in [0.05, 0.1) is 14.7 Å². The minimum atomic E-state index is -0.178. The van der Waals surface area contributed by atoms with Crippen molar-refractivity contribution in [1.82, 2.24) is 4.98 Å². The third-order valence-electron chi connectivity index (χ3n) is 3.31. The largest absolute Gasteiger partial charge is 0.298 e. The molecule has 0 unspecified atom stereocenters. The van der Waals surface area contributed by atoms with E-state index in [-0.39, 0.29) is 5.91 Å². The van der Waals surface area contributed by atoms with E-state index in [9.17, 15) is 4.79 Å². The van der Waals surface area contributed by atoms with Gasteiger partial charge in [0.1, 0.15) is 5.52 Å². The Hall–Kier alpha value is -1.62. The van der Waals surface area contributed by atoms with Crippen LogP contribution in [0.2, 0.25) is 10.0 Å². The highest BCUT2D eigenvalue weighted by Crippen LogP contribution is 2.35. The standard InChI is InChI=1S/C16H12Cl2N2OS/c1-8-3-4-9(2)10(7-8)15(21)20-16-19-14-12(22-16)6-5-11(17)13(14)18/h3-7H,1-2H3,(H,19,20,21). The van der Waals surface area contributed by atoms with Crippen LogP contribution in [0.15, 0.2) is 30.3 Å². The van der Waals surface area contributed by atoms with Crippen molar-refractivity contribution in [1.29, 1.82) is 0 Å². The van der Waals surface area contributed by atoms with Crippen LogP contribution in [0.4, 0.5) is 5.13 Å². The number of anilines is 1. The molecule has 1 N–H and O–H groups in total. The maximum Gasteiger partial charge on any atom is 0.257 e. The topological polar surface area (TPSA) is 42.0 Å². The molecule has 112 valence electrons. The van der Waals surface area contributed by atoms with Crippen molar-refractivity contribution in [3.05, 3.63) is 57.1 Å². The summed E-state index contributed by atoms with van der Waals surface area (Å²) < 4.78 is 0.880. The van der Waals surface area contributed by atoms with E-state index >= 15 is 0 Å². The number of amides is 1. The Balaban J connectivity index is 1.94. The zero-order valence-electron chi connectivity index (χ0n) is 11.9. The van der Waals surface area contributed by atoms with E-state index in [0.717, 1.165) is 15.8 Å². The van der Waals surface area contributed by atoms with Crippen molar-refractivity contribution >= 4 is 55.8 Å². The summed E-state index contributed by atoms with van der Waals surface area (Å²) in [6, 6.07) is 9.34. The molecule has 0 aliphatic carbocycles. The molecule has 22 heavy (non-hydrogen) atoms. The number of nitrogens with zero attached hydrogens (tertiary/aromatic N) is 1. The molecule has 0 radical (unpaired) electrons. The van der Waals surface area contributed by atoms with Crippen molar-refractivity contribution in [2.24, 2.45) is 0 Å². The third kappa shape index (κ3) is 2.82. The fourth-order valence-corrected chi connectivity index (χ4v) is 3.42. The second kappa shape index (κ2) is 5.88. The molecule has 3 aromatic rings. The summed E-state index contributed by atoms with van der Waals surface area (Å²) in [5.41, 5.74) is 3.21. The van der Waals surface area contributed by atoms with Crippen LogP contribution in [0.1, 0.15) is 21.5 Å². The number of hydrogen-bond donors (Lipinski definition) is 1. The van der Waals surface area contributed by atoms with Crippen LogP contribution in [-0.4, -0.2) is 10.9 Å². The predicted octanol–water partition coefficient (Wildman–Crippen LogP) is 5.47. The lowest BCUT2D eigenvalue weighted by Gasteiger charge is -2.06. The molecule has 0 saturated heterocycles. The van der Waals surface area contributed by atoms with Crippen LogP contribution in [0.25, 0.3) is 10.2 Å². The number of carbonyl (C=O) groups excluding carboxylic acids is 1. The highest BCUT2D eigenvalue weighted by molar-refractivity contribution is 7.22. The van der Waals surface area contributed by atoms with Gasteiger partial charge < -0.3 is 0 Å². The highest BCUT2D eigenvalue weighted by Gasteiger charge is 2.14. The first-order valence-electron chi connectivity index (χ1n) is 6.59. The molecule has 3 rings (SSSR count). The van der Waals surface area contributed by atoms with Gasteiger partial charge in [-0.2, -0.15) is 0 Å². The first-order valence-corrected chi connectivity index (χ1v) is 8.16. The Morgan fingerprint density at radius 1 is 1.18 bits per heavy atom. The SMILES string of the molecule is Cc1ccc(C)c(C(=O)Nc2nc3c(Cl)c(Cl)ccc3s2)c1. The fourth-order valence-electron chi connectivity index (χ4n) is 2.14. The Kier molecular flexibility index (Phi) is 4.08. The fraction of sp³-hybridized carbons (Fsp3) is 0.125. The van der Waals surface area contributed by atoms with Gasteiger partial charge in [-0.1, -0.05) is 52.2 Å². The van der Waals surface area contributed by atoms with Gasteiger partial charge in [0.15, 0.2) is 5.13 Å². The number of benzene rings is 2. The quantitative estimate of drug-likeness (QED) is 0.665. The lowest BCUT2D eigenvalue weighted by molar-refractivity contribution is 0.102. The average molecular weight is 351 g/mol. The minimum Gasteiger partial charge on any atom is -0.298 e. The molecular formula is C16H12Cl2N2OS. The Labute approximate surface area is 141 Å². The van der Waals surface area contributed by atoms with Gasteiger partial charge >= 0.3 is 0 Å². The van der Waals surface area contributed by atoms with Crippen LogP contribution in [0.5, 0.6) is 0 Å². The van der Waals surface area contributed by atoms with Gasteiger partial charge in [-0.3, -0.25) is 10.1 Å². The number of aryl methyl sites for hydroxylation is 2. The molecule has 6 heteroatoms. The van der Waals surface area contributed by atoms with Crippen molar-refractivity contribution in [2.45, 2.75) is 13.8 Å². The number of thiazole rings is 1. The van der Waals surface area contributed by atoms with Crippen molar-refractivity contribution in [3.63, 3.8) is 0 Å². The summed E-state index contributed by atoms with van der Waals surface area (Å²) in [4.78, 5) is 16.8. The monoisotopic (exact) mass is 350 g/mol. The van der Waals surface area contributed by atoms with Gasteiger partial charge in [0.25, 0.3) is 5.91 Å². The minimum absolute atomic E-state index is 0.178. The van der Waals surface area contributed by atoms with E-state index in [1.165, 1.54) is 11.3 Å². The molecule has 0 aliphatic heterocycles. The van der Waals surface area contributed by atoms with Crippen molar-refractivity contribution in [2.75, 3.05) is 5.32 Å². The molecule has 0 atom stereocenters. The molecule has 0 bridgehead atoms. The first kappa shape index (κ1) is 15.3. The van der Waals surface area contributed by atoms with E-state index in [1.54, 1.807) is 6.07 Å². The zero-order valence-corrected chi connectivity index (χ0v) is 14.2. The van der Waals surface area contributed by atoms with E-state index in [1.807, 2.05) is 38.1 Å². The molecule has 1 heterocycles. The lowest BCUT2D eigenvalue weighted by atomic mass is 10.1. The Morgan fingerprint density at radius 3 is 2.73 bits per heavy atom. The van der Waals surface area contributed by atoms with Crippen LogP contribution in [0.3, 0.4) is 0 Å². The van der Waals surface area contributed by atoms with Gasteiger partial charge in [0.2, 0.25) is 0 Å². The summed E-state index contributed by atoms with van der Waals surface area (Å²) in [5.74, 6) is -0.178. The maximum atomic E-state index is 12.4. The van der Waals surface area contributed by atoms with Gasteiger partial charge in [-0.05, 0) is 37.6 Å². The number of aromatic nitrogens is 1. The van der Waals surface area contributed by atoms with Crippen molar-refractivity contribution in [3.8, 4) is 0 Å². The average Bonchev–Trinajstić information content (AvgIpc) is 2.89. The van der Waals surface area contributed by atoms with Crippen LogP contribution < -0.4 is 5.32 Å². The number of fused-ring (bicyclic) bond motifs is 1. The highest BCUT2D eigenvalue weighted by atomic mass is 35.5. The number of carbonyl (C=O) groups is 1. The molecule has 2 aromatic carbocycles. The van der Waals surface area contributed by atoms with E-state index in [2.05, 4.69) is 10.3 Å². The van der Waals surface area contributed by atoms with Crippen LogP contribution in [0, 0.1) is 13.8 Å². The first-order chi connectivity index (χ1) is 10.5. The van der Waals surface area contributed by atoms with E-state index in [4.69, 9.17) is 23.2 Å². The molecule has 0 fully saturated rings. The Morgan fingerprint density at radius 2 is 1.95 bits per heavy atom. The molecule has 0 aliphatic rings. The summed E-state index contributed by atoms with van der Waals surface area (Å²) >= 11 is 13.5. The summed E-state index contributed by atoms with van der Waals surface area (Å²) in [7, 11) is 0. The summed E-state index contributed by atoms with van der Waals surface area (Å²) in [6.45, 7) is 3.86. The predicted molar refractivity (Wildman–Crippen MR) is 93.5 cm³/mol. The van der Waals surface area contributed by atoms with E-state index in [0.29, 0.717) is 26.3 Å². The third-order valence-corrected chi connectivity index (χ3v) is 5.04. The second-order valence-corrected chi connectivity index (χ2v) is 6.82. The number of hydrogen-bond acceptors (Lipinski definition) is 3. The summed E-state index contributed by atoms with van der Waals surface area (Å²) in [5, 5.41) is 4.19. The van der Waals surface area contributed by atoms with Gasteiger partial charge in [0, 0.05) is 5.56 Å². The number of nitrogens with one attached hydrogen (secondary N) is 1. The molecule has 0 spiro atoms. The smallest absolute Gasteiger partial charge is 0.257 e. The molecule has 1 amide bonds. The second-order valence-electron chi connectivity index (χ2n) is 5.00. The normalized spacial score (nSPS) is 10.9. The lowest BCUT2D eigenvalue weighted by Crippen LogP contribution is -2.13. The van der Waals surface area contributed by atoms with Gasteiger partial charge in [-0.25, -0.2) is 4.98 Å². The maximum absolute atomic E-state index is 12.4. The zero-order chi connectivity index (χ0) is 15.9. The number of rotatable bonds is 2. The summed E-state index contributed by atoms with van der Waals surface area (Å²) in [6.07, 6.45) is 0. The Bertz CT molecular complexity index is 889. The molecular weight excluding hydrogens is 339 g/mol. The molecule has 3 nitrogen and oxygen atoms in total. The van der Waals surface area contributed by atoms with Crippen LogP contribution in [-0.2, 0) is 0 Å². The molecule has 1 aromatic heterocycles. The van der Waals surface area contributed by atoms with Crippen LogP contribution >= 0.6 is 34.5 Å². The molecule has 0 saturated carbocycles. The van der Waals surface area contributed by atoms with Gasteiger partial charge in [-0.15, -0.1) is 0 Å². The van der Waals surface area contributed by atoms with E-state index < -0.39 is 0 Å². The number of halogens is 2.